The Bertz CT molecular complexity index is 674. The predicted molar refractivity (Wildman–Crippen MR) is 74.5 cm³/mol. The summed E-state index contributed by atoms with van der Waals surface area (Å²) in [5.74, 6) is 0.147. The molecule has 0 aliphatic carbocycles. The predicted octanol–water partition coefficient (Wildman–Crippen LogP) is 1.72. The highest BCUT2D eigenvalue weighted by Gasteiger charge is 2.16. The van der Waals surface area contributed by atoms with E-state index in [-0.39, 0.29) is 10.7 Å². The minimum atomic E-state index is -3.74. The van der Waals surface area contributed by atoms with Crippen molar-refractivity contribution in [3.8, 4) is 0 Å². The molecule has 20 heavy (non-hydrogen) atoms. The van der Waals surface area contributed by atoms with Gasteiger partial charge in [0, 0.05) is 12.4 Å². The van der Waals surface area contributed by atoms with Gasteiger partial charge in [-0.2, -0.15) is 0 Å². The van der Waals surface area contributed by atoms with Crippen LogP contribution in [0.15, 0.2) is 47.8 Å². The lowest BCUT2D eigenvalue weighted by Gasteiger charge is -2.11. The van der Waals surface area contributed by atoms with Crippen LogP contribution in [0.25, 0.3) is 0 Å². The topological polar surface area (TPSA) is 92.2 Å². The van der Waals surface area contributed by atoms with Crippen LogP contribution in [0.2, 0.25) is 0 Å². The molecule has 7 heteroatoms. The van der Waals surface area contributed by atoms with Gasteiger partial charge in [0.25, 0.3) is 10.0 Å². The molecule has 0 saturated carbocycles. The van der Waals surface area contributed by atoms with E-state index in [2.05, 4.69) is 14.7 Å². The Kier molecular flexibility index (Phi) is 4.31. The van der Waals surface area contributed by atoms with Crippen molar-refractivity contribution in [2.24, 2.45) is 0 Å². The Labute approximate surface area is 117 Å². The van der Waals surface area contributed by atoms with Gasteiger partial charge in [-0.15, -0.1) is 0 Å². The minimum Gasteiger partial charge on any atom is -0.388 e. The van der Waals surface area contributed by atoms with Gasteiger partial charge in [-0.05, 0) is 24.1 Å². The molecule has 1 heterocycles. The molecule has 1 aromatic carbocycles. The van der Waals surface area contributed by atoms with Crippen LogP contribution in [0.5, 0.6) is 0 Å². The molecule has 0 saturated heterocycles. The third kappa shape index (κ3) is 3.31. The van der Waals surface area contributed by atoms with E-state index in [1.807, 2.05) is 6.92 Å². The lowest BCUT2D eigenvalue weighted by molar-refractivity contribution is 0.173. The molecule has 0 bridgehead atoms. The summed E-state index contributed by atoms with van der Waals surface area (Å²) in [5.41, 5.74) is 0.564. The summed E-state index contributed by atoms with van der Waals surface area (Å²) < 4.78 is 26.7. The van der Waals surface area contributed by atoms with Crippen LogP contribution in [-0.4, -0.2) is 23.5 Å². The number of aliphatic hydroxyl groups excluding tert-OH is 1. The zero-order chi connectivity index (χ0) is 14.6. The molecule has 1 aromatic heterocycles. The quantitative estimate of drug-likeness (QED) is 0.875. The monoisotopic (exact) mass is 293 g/mol. The number of sulfonamides is 1. The van der Waals surface area contributed by atoms with E-state index >= 15 is 0 Å². The molecule has 0 spiro atoms. The number of aromatic nitrogens is 2. The van der Waals surface area contributed by atoms with E-state index in [1.54, 1.807) is 12.1 Å². The fourth-order valence-corrected chi connectivity index (χ4v) is 2.72. The van der Waals surface area contributed by atoms with E-state index in [1.165, 1.54) is 30.7 Å². The van der Waals surface area contributed by atoms with Crippen LogP contribution in [0, 0.1) is 0 Å². The zero-order valence-electron chi connectivity index (χ0n) is 10.9. The first-order valence-corrected chi connectivity index (χ1v) is 7.58. The van der Waals surface area contributed by atoms with Crippen molar-refractivity contribution in [3.63, 3.8) is 0 Å². The number of nitrogens with one attached hydrogen (secondary N) is 1. The summed E-state index contributed by atoms with van der Waals surface area (Å²) in [6.45, 7) is 1.82. The number of benzene rings is 1. The molecule has 1 unspecified atom stereocenters. The number of anilines is 1. The van der Waals surface area contributed by atoms with Gasteiger partial charge in [0.2, 0.25) is 0 Å². The van der Waals surface area contributed by atoms with Crippen molar-refractivity contribution in [3.05, 3.63) is 48.4 Å². The largest absolute Gasteiger partial charge is 0.388 e. The fraction of sp³-hybridized carbons (Fsp3) is 0.231. The lowest BCUT2D eigenvalue weighted by Crippen LogP contribution is -2.14. The number of rotatable bonds is 5. The van der Waals surface area contributed by atoms with E-state index in [0.29, 0.717) is 12.0 Å². The Morgan fingerprint density at radius 3 is 2.80 bits per heavy atom. The van der Waals surface area contributed by atoms with Crippen molar-refractivity contribution in [2.45, 2.75) is 24.3 Å². The normalized spacial score (nSPS) is 12.9. The molecule has 6 nitrogen and oxygen atoms in total. The molecule has 2 aromatic rings. The first-order valence-electron chi connectivity index (χ1n) is 6.10. The highest BCUT2D eigenvalue weighted by molar-refractivity contribution is 7.92. The van der Waals surface area contributed by atoms with Gasteiger partial charge in [-0.3, -0.25) is 9.71 Å². The average Bonchev–Trinajstić information content (AvgIpc) is 2.47. The Morgan fingerprint density at radius 1 is 1.35 bits per heavy atom. The summed E-state index contributed by atoms with van der Waals surface area (Å²) in [5, 5.41) is 9.77. The molecule has 0 radical (unpaired) electrons. The number of hydrogen-bond acceptors (Lipinski definition) is 5. The maximum absolute atomic E-state index is 12.2. The van der Waals surface area contributed by atoms with Gasteiger partial charge in [-0.1, -0.05) is 19.1 Å². The van der Waals surface area contributed by atoms with Crippen molar-refractivity contribution in [1.29, 1.82) is 0 Å². The molecule has 1 atom stereocenters. The third-order valence-corrected chi connectivity index (χ3v) is 4.09. The Balaban J connectivity index is 2.30. The van der Waals surface area contributed by atoms with E-state index < -0.39 is 16.1 Å². The second-order valence-electron chi connectivity index (χ2n) is 4.19. The van der Waals surface area contributed by atoms with Gasteiger partial charge in [-0.25, -0.2) is 13.4 Å². The lowest BCUT2D eigenvalue weighted by atomic mass is 10.1. The molecule has 0 aliphatic heterocycles. The van der Waals surface area contributed by atoms with Gasteiger partial charge in [0.1, 0.15) is 0 Å². The first-order chi connectivity index (χ1) is 9.53. The van der Waals surface area contributed by atoms with Crippen molar-refractivity contribution in [1.82, 2.24) is 9.97 Å². The summed E-state index contributed by atoms with van der Waals surface area (Å²) in [6.07, 6.45) is 4.01. The van der Waals surface area contributed by atoms with E-state index in [0.717, 1.165) is 0 Å². The molecule has 0 aliphatic rings. The summed E-state index contributed by atoms with van der Waals surface area (Å²) >= 11 is 0. The van der Waals surface area contributed by atoms with Gasteiger partial charge >= 0.3 is 0 Å². The maximum atomic E-state index is 12.2. The molecule has 2 N–H and O–H groups in total. The summed E-state index contributed by atoms with van der Waals surface area (Å²) in [6, 6.07) is 6.20. The maximum Gasteiger partial charge on any atom is 0.263 e. The molecular weight excluding hydrogens is 278 g/mol. The zero-order valence-corrected chi connectivity index (χ0v) is 11.7. The van der Waals surface area contributed by atoms with Crippen molar-refractivity contribution >= 4 is 15.8 Å². The number of hydrogen-bond donors (Lipinski definition) is 2. The van der Waals surface area contributed by atoms with E-state index in [4.69, 9.17) is 0 Å². The third-order valence-electron chi connectivity index (χ3n) is 2.74. The molecule has 0 amide bonds. The molecule has 0 fully saturated rings. The van der Waals surface area contributed by atoms with Crippen LogP contribution >= 0.6 is 0 Å². The molecule has 2 rings (SSSR count). The molecule has 106 valence electrons. The van der Waals surface area contributed by atoms with Gasteiger partial charge in [0.05, 0.1) is 17.2 Å². The van der Waals surface area contributed by atoms with Crippen molar-refractivity contribution in [2.75, 3.05) is 4.72 Å². The average molecular weight is 293 g/mol. The van der Waals surface area contributed by atoms with Crippen LogP contribution in [-0.2, 0) is 10.0 Å². The Morgan fingerprint density at radius 2 is 2.15 bits per heavy atom. The Hall–Kier alpha value is -1.99. The second-order valence-corrected chi connectivity index (χ2v) is 5.88. The second kappa shape index (κ2) is 5.98. The van der Waals surface area contributed by atoms with Gasteiger partial charge in [0.15, 0.2) is 5.82 Å². The van der Waals surface area contributed by atoms with Crippen LogP contribution < -0.4 is 4.72 Å². The van der Waals surface area contributed by atoms with Crippen LogP contribution in [0.1, 0.15) is 25.0 Å². The smallest absolute Gasteiger partial charge is 0.263 e. The van der Waals surface area contributed by atoms with Crippen LogP contribution in [0.3, 0.4) is 0 Å². The highest BCUT2D eigenvalue weighted by Crippen LogP contribution is 2.21. The van der Waals surface area contributed by atoms with Crippen molar-refractivity contribution < 1.29 is 13.5 Å². The number of aliphatic hydroxyl groups is 1. The first kappa shape index (κ1) is 14.4. The highest BCUT2D eigenvalue weighted by atomic mass is 32.2. The SMILES string of the molecule is CCC(O)c1cccc(S(=O)(=O)Nc2cnccn2)c1. The molecular formula is C13H15N3O3S. The summed E-state index contributed by atoms with van der Waals surface area (Å²) in [4.78, 5) is 7.73. The van der Waals surface area contributed by atoms with E-state index in [9.17, 15) is 13.5 Å². The minimum absolute atomic E-state index is 0.0770. The van der Waals surface area contributed by atoms with Crippen LogP contribution in [0.4, 0.5) is 5.82 Å². The number of nitrogens with zero attached hydrogens (tertiary/aromatic N) is 2. The summed E-state index contributed by atoms with van der Waals surface area (Å²) in [7, 11) is -3.74. The van der Waals surface area contributed by atoms with Gasteiger partial charge < -0.3 is 5.11 Å². The fourth-order valence-electron chi connectivity index (χ4n) is 1.67. The standard InChI is InChI=1S/C13H15N3O3S/c1-2-12(17)10-4-3-5-11(8-10)20(18,19)16-13-9-14-6-7-15-13/h3-9,12,17H,2H2,1H3,(H,15,16).